The summed E-state index contributed by atoms with van der Waals surface area (Å²) in [5.74, 6) is -1.06. The molecule has 0 bridgehead atoms. The fraction of sp³-hybridized carbons (Fsp3) is 0.500. The number of carbonyl (C=O) groups excluding carboxylic acids is 2. The topological polar surface area (TPSA) is 111 Å². The van der Waals surface area contributed by atoms with Gasteiger partial charge in [-0.15, -0.1) is 0 Å². The number of nitrogens with one attached hydrogen (secondary N) is 2. The van der Waals surface area contributed by atoms with Crippen LogP contribution >= 0.6 is 0 Å². The minimum atomic E-state index is -3.98. The summed E-state index contributed by atoms with van der Waals surface area (Å²) >= 11 is 0. The molecule has 0 amide bonds. The maximum absolute atomic E-state index is 12.6. The zero-order valence-corrected chi connectivity index (χ0v) is 15.0. The molecule has 0 spiro atoms. The highest BCUT2D eigenvalue weighted by Gasteiger charge is 2.25. The highest BCUT2D eigenvalue weighted by atomic mass is 32.2. The lowest BCUT2D eigenvalue weighted by molar-refractivity contribution is 0.0583. The van der Waals surface area contributed by atoms with Gasteiger partial charge in [-0.25, -0.2) is 22.7 Å². The van der Waals surface area contributed by atoms with Gasteiger partial charge in [-0.3, -0.25) is 0 Å². The normalized spacial score (nSPS) is 17.3. The maximum Gasteiger partial charge on any atom is 0.339 e. The Morgan fingerprint density at radius 2 is 1.96 bits per heavy atom. The van der Waals surface area contributed by atoms with Crippen LogP contribution in [0.15, 0.2) is 23.1 Å². The average Bonchev–Trinajstić information content (AvgIpc) is 3.13. The van der Waals surface area contributed by atoms with E-state index in [9.17, 15) is 18.0 Å². The lowest BCUT2D eigenvalue weighted by Gasteiger charge is -2.13. The molecule has 1 saturated heterocycles. The van der Waals surface area contributed by atoms with E-state index < -0.39 is 22.0 Å². The van der Waals surface area contributed by atoms with Crippen molar-refractivity contribution in [3.05, 3.63) is 29.3 Å². The van der Waals surface area contributed by atoms with Crippen molar-refractivity contribution in [1.82, 2.24) is 10.0 Å². The van der Waals surface area contributed by atoms with Crippen molar-refractivity contribution >= 4 is 22.0 Å². The van der Waals surface area contributed by atoms with E-state index in [0.29, 0.717) is 12.3 Å². The van der Waals surface area contributed by atoms with E-state index in [2.05, 4.69) is 19.5 Å². The van der Waals surface area contributed by atoms with E-state index in [4.69, 9.17) is 0 Å². The molecule has 1 atom stereocenters. The summed E-state index contributed by atoms with van der Waals surface area (Å²) in [6.45, 7) is 2.05. The van der Waals surface area contributed by atoms with Crippen LogP contribution in [-0.2, 0) is 19.5 Å². The van der Waals surface area contributed by atoms with Gasteiger partial charge in [0, 0.05) is 6.54 Å². The summed E-state index contributed by atoms with van der Waals surface area (Å²) in [4.78, 5) is 23.2. The Kier molecular flexibility index (Phi) is 6.51. The first kappa shape index (κ1) is 19.4. The summed E-state index contributed by atoms with van der Waals surface area (Å²) < 4.78 is 37.0. The molecule has 0 aliphatic carbocycles. The first-order valence-corrected chi connectivity index (χ1v) is 9.38. The third-order valence-electron chi connectivity index (χ3n) is 4.10. The Labute approximate surface area is 146 Å². The number of hydrogen-bond donors (Lipinski definition) is 2. The predicted octanol–water partition coefficient (Wildman–Crippen LogP) is 0.538. The minimum absolute atomic E-state index is 0.0375. The second-order valence-corrected chi connectivity index (χ2v) is 7.47. The molecule has 25 heavy (non-hydrogen) atoms. The molecule has 0 radical (unpaired) electrons. The van der Waals surface area contributed by atoms with Crippen LogP contribution in [0.4, 0.5) is 0 Å². The van der Waals surface area contributed by atoms with Gasteiger partial charge in [0.05, 0.1) is 30.2 Å². The van der Waals surface area contributed by atoms with Crippen molar-refractivity contribution in [3.8, 4) is 0 Å². The number of sulfonamides is 1. The molecule has 8 nitrogen and oxygen atoms in total. The summed E-state index contributed by atoms with van der Waals surface area (Å²) in [5, 5.41) is 3.22. The van der Waals surface area contributed by atoms with E-state index in [1.807, 2.05) is 0 Å². The number of hydrogen-bond acceptors (Lipinski definition) is 7. The van der Waals surface area contributed by atoms with E-state index in [1.165, 1.54) is 19.2 Å². The van der Waals surface area contributed by atoms with Gasteiger partial charge in [-0.05, 0) is 50.0 Å². The summed E-state index contributed by atoms with van der Waals surface area (Å²) in [6.07, 6.45) is 1.70. The van der Waals surface area contributed by atoms with Gasteiger partial charge >= 0.3 is 11.9 Å². The average molecular weight is 370 g/mol. The van der Waals surface area contributed by atoms with Gasteiger partial charge in [0.25, 0.3) is 0 Å². The van der Waals surface area contributed by atoms with Crippen LogP contribution in [0.25, 0.3) is 0 Å². The van der Waals surface area contributed by atoms with Gasteiger partial charge < -0.3 is 14.8 Å². The van der Waals surface area contributed by atoms with Crippen LogP contribution < -0.4 is 10.0 Å². The second-order valence-electron chi connectivity index (χ2n) is 5.74. The molecular formula is C16H22N2O6S. The monoisotopic (exact) mass is 370 g/mol. The van der Waals surface area contributed by atoms with Crippen LogP contribution in [0.1, 0.15) is 33.6 Å². The van der Waals surface area contributed by atoms with Crippen molar-refractivity contribution < 1.29 is 27.5 Å². The third-order valence-corrected chi connectivity index (χ3v) is 5.61. The minimum Gasteiger partial charge on any atom is -0.465 e. The number of esters is 2. The Morgan fingerprint density at radius 3 is 2.56 bits per heavy atom. The van der Waals surface area contributed by atoms with Crippen LogP contribution in [0.3, 0.4) is 0 Å². The maximum atomic E-state index is 12.6. The molecule has 0 saturated carbocycles. The van der Waals surface area contributed by atoms with Crippen LogP contribution in [0.5, 0.6) is 0 Å². The first-order valence-electron chi connectivity index (χ1n) is 7.90. The molecule has 1 fully saturated rings. The van der Waals surface area contributed by atoms with Crippen LogP contribution in [-0.4, -0.2) is 54.2 Å². The van der Waals surface area contributed by atoms with Crippen molar-refractivity contribution in [3.63, 3.8) is 0 Å². The van der Waals surface area contributed by atoms with Crippen molar-refractivity contribution in [2.24, 2.45) is 5.92 Å². The largest absolute Gasteiger partial charge is 0.465 e. The number of benzene rings is 1. The number of rotatable bonds is 7. The SMILES string of the molecule is COC(=O)c1ccc(C(=O)OC)c(S(=O)(=O)NCCC2CCNC2)c1. The van der Waals surface area contributed by atoms with Gasteiger partial charge in [-0.2, -0.15) is 0 Å². The molecule has 2 N–H and O–H groups in total. The molecule has 1 unspecified atom stereocenters. The molecule has 1 aliphatic heterocycles. The van der Waals surface area contributed by atoms with E-state index in [0.717, 1.165) is 32.7 Å². The van der Waals surface area contributed by atoms with E-state index in [-0.39, 0.29) is 22.6 Å². The lowest BCUT2D eigenvalue weighted by Crippen LogP contribution is -2.28. The van der Waals surface area contributed by atoms with Crippen LogP contribution in [0, 0.1) is 5.92 Å². The smallest absolute Gasteiger partial charge is 0.339 e. The highest BCUT2D eigenvalue weighted by Crippen LogP contribution is 2.20. The molecule has 138 valence electrons. The zero-order valence-electron chi connectivity index (χ0n) is 14.2. The quantitative estimate of drug-likeness (QED) is 0.674. The van der Waals surface area contributed by atoms with Crippen molar-refractivity contribution in [1.29, 1.82) is 0 Å². The first-order chi connectivity index (χ1) is 11.9. The number of carbonyl (C=O) groups is 2. The zero-order chi connectivity index (χ0) is 18.4. The van der Waals surface area contributed by atoms with Gasteiger partial charge in [-0.1, -0.05) is 0 Å². The summed E-state index contributed by atoms with van der Waals surface area (Å²) in [6, 6.07) is 3.69. The Hall–Kier alpha value is -1.97. The predicted molar refractivity (Wildman–Crippen MR) is 89.9 cm³/mol. The van der Waals surface area contributed by atoms with Crippen LogP contribution in [0.2, 0.25) is 0 Å². The Morgan fingerprint density at radius 1 is 1.24 bits per heavy atom. The highest BCUT2D eigenvalue weighted by molar-refractivity contribution is 7.89. The molecule has 9 heteroatoms. The molecule has 1 aromatic carbocycles. The standard InChI is InChI=1S/C16H22N2O6S/c1-23-15(19)12-3-4-13(16(20)24-2)14(9-12)25(21,22)18-8-6-11-5-7-17-10-11/h3-4,9,11,17-18H,5-8,10H2,1-2H3. The van der Waals surface area contributed by atoms with Crippen molar-refractivity contribution in [2.75, 3.05) is 33.9 Å². The number of ether oxygens (including phenoxy) is 2. The fourth-order valence-corrected chi connectivity index (χ4v) is 3.97. The third kappa shape index (κ3) is 4.77. The molecule has 2 rings (SSSR count). The van der Waals surface area contributed by atoms with E-state index in [1.54, 1.807) is 0 Å². The molecular weight excluding hydrogens is 348 g/mol. The Bertz CT molecular complexity index is 741. The second kappa shape index (κ2) is 8.41. The molecule has 1 heterocycles. The lowest BCUT2D eigenvalue weighted by atomic mass is 10.1. The van der Waals surface area contributed by atoms with E-state index >= 15 is 0 Å². The van der Waals surface area contributed by atoms with Gasteiger partial charge in [0.2, 0.25) is 10.0 Å². The summed E-state index contributed by atoms with van der Waals surface area (Å²) in [7, 11) is -1.63. The fourth-order valence-electron chi connectivity index (χ4n) is 2.70. The Balaban J connectivity index is 2.25. The molecule has 1 aromatic rings. The summed E-state index contributed by atoms with van der Waals surface area (Å²) in [5.41, 5.74) is -0.0966. The van der Waals surface area contributed by atoms with Gasteiger partial charge in [0.15, 0.2) is 0 Å². The molecule has 1 aliphatic rings. The van der Waals surface area contributed by atoms with Crippen molar-refractivity contribution in [2.45, 2.75) is 17.7 Å². The molecule has 0 aromatic heterocycles. The van der Waals surface area contributed by atoms with Gasteiger partial charge in [0.1, 0.15) is 0 Å². The number of methoxy groups -OCH3 is 2.